The first kappa shape index (κ1) is 21.4. The molecule has 4 rings (SSSR count). The molecule has 0 aromatic rings. The van der Waals surface area contributed by atoms with Gasteiger partial charge in [-0.1, -0.05) is 53.9 Å². The minimum Gasteiger partial charge on any atom is -0.414 e. The Morgan fingerprint density at radius 2 is 1.71 bits per heavy atom. The second-order valence-electron chi connectivity index (χ2n) is 12.6. The van der Waals surface area contributed by atoms with E-state index in [-0.39, 0.29) is 0 Å². The maximum atomic E-state index is 7.30. The molecule has 0 aliphatic heterocycles. The monoisotopic (exact) mass is 404 g/mol. The number of hydrogen-bond acceptors (Lipinski definition) is 1. The number of rotatable bonds is 4. The van der Waals surface area contributed by atoms with Crippen LogP contribution in [0.4, 0.5) is 0 Å². The molecular formula is C26H48OSi. The summed E-state index contributed by atoms with van der Waals surface area (Å²) in [6, 6.07) is 0. The van der Waals surface area contributed by atoms with Crippen LogP contribution in [0.1, 0.15) is 98.8 Å². The Kier molecular flexibility index (Phi) is 5.66. The van der Waals surface area contributed by atoms with Crippen molar-refractivity contribution >= 4 is 8.32 Å². The second-order valence-corrected chi connectivity index (χ2v) is 17.1. The maximum absolute atomic E-state index is 7.30. The van der Waals surface area contributed by atoms with Gasteiger partial charge < -0.3 is 4.43 Å². The van der Waals surface area contributed by atoms with Crippen LogP contribution in [0.5, 0.6) is 0 Å². The van der Waals surface area contributed by atoms with E-state index in [4.69, 9.17) is 4.43 Å². The van der Waals surface area contributed by atoms with Crippen LogP contribution < -0.4 is 0 Å². The highest BCUT2D eigenvalue weighted by Gasteiger charge is 2.63. The Bertz CT molecular complexity index is 571. The number of hydrogen-bond donors (Lipinski definition) is 0. The van der Waals surface area contributed by atoms with Crippen molar-refractivity contribution in [1.82, 2.24) is 0 Å². The van der Waals surface area contributed by atoms with E-state index in [0.29, 0.717) is 22.5 Å². The quantitative estimate of drug-likeness (QED) is 0.430. The van der Waals surface area contributed by atoms with Crippen molar-refractivity contribution in [3.8, 4) is 0 Å². The molecule has 0 radical (unpaired) electrons. The van der Waals surface area contributed by atoms with E-state index in [0.717, 1.165) is 29.6 Å². The van der Waals surface area contributed by atoms with E-state index in [1.807, 2.05) is 0 Å². The zero-order valence-electron chi connectivity index (χ0n) is 20.0. The average molecular weight is 405 g/mol. The molecule has 0 spiro atoms. The van der Waals surface area contributed by atoms with Gasteiger partial charge in [-0.3, -0.25) is 0 Å². The molecule has 162 valence electrons. The highest BCUT2D eigenvalue weighted by molar-refractivity contribution is 6.72. The van der Waals surface area contributed by atoms with Crippen LogP contribution in [0.15, 0.2) is 0 Å². The largest absolute Gasteiger partial charge is 0.414 e. The van der Waals surface area contributed by atoms with Crippen molar-refractivity contribution in [3.63, 3.8) is 0 Å². The Labute approximate surface area is 176 Å². The predicted octanol–water partition coefficient (Wildman–Crippen LogP) is 8.06. The molecule has 0 aromatic heterocycles. The smallest absolute Gasteiger partial charge is 0.189 e. The second kappa shape index (κ2) is 7.40. The Balaban J connectivity index is 1.70. The van der Waals surface area contributed by atoms with Gasteiger partial charge in [0.15, 0.2) is 8.32 Å². The maximum Gasteiger partial charge on any atom is 0.189 e. The summed E-state index contributed by atoms with van der Waals surface area (Å²) in [5.74, 6) is 4.74. The fourth-order valence-corrected chi connectivity index (χ4v) is 10.0. The molecule has 4 aliphatic rings. The lowest BCUT2D eigenvalue weighted by Gasteiger charge is -2.63. The van der Waals surface area contributed by atoms with Gasteiger partial charge in [0.05, 0.1) is 6.10 Å². The van der Waals surface area contributed by atoms with Crippen LogP contribution >= 0.6 is 0 Å². The van der Waals surface area contributed by atoms with E-state index in [1.54, 1.807) is 0 Å². The van der Waals surface area contributed by atoms with Gasteiger partial charge in [-0.2, -0.15) is 0 Å². The van der Waals surface area contributed by atoms with Gasteiger partial charge in [0.1, 0.15) is 0 Å². The molecule has 0 saturated heterocycles. The summed E-state index contributed by atoms with van der Waals surface area (Å²) in [7, 11) is -1.64. The summed E-state index contributed by atoms with van der Waals surface area (Å²) in [6.07, 6.45) is 15.2. The lowest BCUT2D eigenvalue weighted by atomic mass is 9.44. The molecule has 0 aromatic carbocycles. The van der Waals surface area contributed by atoms with Crippen LogP contribution in [-0.2, 0) is 4.43 Å². The topological polar surface area (TPSA) is 9.23 Å². The van der Waals surface area contributed by atoms with Gasteiger partial charge >= 0.3 is 0 Å². The van der Waals surface area contributed by atoms with Gasteiger partial charge in [-0.05, 0) is 104 Å². The van der Waals surface area contributed by atoms with Gasteiger partial charge in [0.2, 0.25) is 0 Å². The van der Waals surface area contributed by atoms with Crippen molar-refractivity contribution in [2.45, 2.75) is 124 Å². The Morgan fingerprint density at radius 1 is 0.964 bits per heavy atom. The zero-order valence-corrected chi connectivity index (χ0v) is 21.0. The van der Waals surface area contributed by atoms with Crippen molar-refractivity contribution in [2.24, 2.45) is 40.4 Å². The van der Waals surface area contributed by atoms with Crippen LogP contribution in [-0.4, -0.2) is 14.4 Å². The lowest BCUT2D eigenvalue weighted by molar-refractivity contribution is -0.158. The summed E-state index contributed by atoms with van der Waals surface area (Å²) in [6.45, 7) is 17.6. The summed E-state index contributed by atoms with van der Waals surface area (Å²) in [5.41, 5.74) is 1.75. The normalized spacial score (nSPS) is 48.9. The van der Waals surface area contributed by atoms with Crippen LogP contribution in [0.3, 0.4) is 0 Å². The first-order valence-electron chi connectivity index (χ1n) is 12.8. The van der Waals surface area contributed by atoms with E-state index < -0.39 is 8.32 Å². The summed E-state index contributed by atoms with van der Waals surface area (Å²) < 4.78 is 7.30. The minimum atomic E-state index is -1.64. The van der Waals surface area contributed by atoms with Crippen LogP contribution in [0, 0.1) is 40.4 Å². The van der Waals surface area contributed by atoms with Gasteiger partial charge in [-0.15, -0.1) is 0 Å². The van der Waals surface area contributed by atoms with E-state index >= 15 is 0 Å². The zero-order chi connectivity index (χ0) is 20.3. The van der Waals surface area contributed by atoms with Crippen molar-refractivity contribution < 1.29 is 4.43 Å². The standard InChI is InChI=1S/C26H48OSi/c1-8-19-13-15-22-21-14-12-20-11-9-10-16-25(20,4)23(21)17-24(26(19,22)5)27-28(6,7)18(2)3/h18-24H,8-17H2,1-7H3. The lowest BCUT2D eigenvalue weighted by Crippen LogP contribution is -2.60. The molecule has 4 fully saturated rings. The molecular weight excluding hydrogens is 356 g/mol. The minimum absolute atomic E-state index is 0.437. The summed E-state index contributed by atoms with van der Waals surface area (Å²) in [5, 5.41) is 0. The van der Waals surface area contributed by atoms with Crippen LogP contribution in [0.2, 0.25) is 18.6 Å². The first-order chi connectivity index (χ1) is 13.1. The van der Waals surface area contributed by atoms with Gasteiger partial charge in [-0.25, -0.2) is 0 Å². The highest BCUT2D eigenvalue weighted by atomic mass is 28.4. The van der Waals surface area contributed by atoms with Gasteiger partial charge in [0, 0.05) is 0 Å². The van der Waals surface area contributed by atoms with Crippen molar-refractivity contribution in [2.75, 3.05) is 0 Å². The third-order valence-corrected chi connectivity index (χ3v) is 14.8. The summed E-state index contributed by atoms with van der Waals surface area (Å²) >= 11 is 0. The third kappa shape index (κ3) is 3.10. The van der Waals surface area contributed by atoms with E-state index in [2.05, 4.69) is 47.7 Å². The molecule has 0 bridgehead atoms. The van der Waals surface area contributed by atoms with Crippen molar-refractivity contribution in [3.05, 3.63) is 0 Å². The molecule has 8 atom stereocenters. The van der Waals surface area contributed by atoms with E-state index in [1.165, 1.54) is 64.2 Å². The molecule has 28 heavy (non-hydrogen) atoms. The molecule has 0 N–H and O–H groups in total. The third-order valence-electron chi connectivity index (χ3n) is 11.2. The van der Waals surface area contributed by atoms with E-state index in [9.17, 15) is 0 Å². The fourth-order valence-electron chi connectivity index (χ4n) is 8.69. The van der Waals surface area contributed by atoms with Crippen LogP contribution in [0.25, 0.3) is 0 Å². The van der Waals surface area contributed by atoms with Gasteiger partial charge in [0.25, 0.3) is 0 Å². The fraction of sp³-hybridized carbons (Fsp3) is 1.00. The SMILES string of the molecule is CCC1CCC2C3CCC4CCCCC4(C)C3CC(O[Si](C)(C)C(C)C)C12C. The molecule has 1 nitrogen and oxygen atoms in total. The predicted molar refractivity (Wildman–Crippen MR) is 123 cm³/mol. The molecule has 4 aliphatic carbocycles. The molecule has 4 saturated carbocycles. The average Bonchev–Trinajstić information content (AvgIpc) is 2.99. The molecule has 0 amide bonds. The molecule has 2 heteroatoms. The molecule has 0 heterocycles. The Morgan fingerprint density at radius 3 is 2.39 bits per heavy atom. The first-order valence-corrected chi connectivity index (χ1v) is 15.8. The summed E-state index contributed by atoms with van der Waals surface area (Å²) in [4.78, 5) is 0. The highest BCUT2D eigenvalue weighted by Crippen LogP contribution is 2.68. The van der Waals surface area contributed by atoms with Crippen molar-refractivity contribution in [1.29, 1.82) is 0 Å². The molecule has 8 unspecified atom stereocenters. The Hall–Kier alpha value is 0.177. The number of fused-ring (bicyclic) bond motifs is 5.